The molecule has 0 saturated carbocycles. The van der Waals surface area contributed by atoms with E-state index >= 15 is 0 Å². The lowest BCUT2D eigenvalue weighted by molar-refractivity contribution is -0.122. The predicted molar refractivity (Wildman–Crippen MR) is 107 cm³/mol. The third kappa shape index (κ3) is 4.39. The average Bonchev–Trinajstić information content (AvgIpc) is 2.76. The smallest absolute Gasteiger partial charge is 0.227 e. The summed E-state index contributed by atoms with van der Waals surface area (Å²) in [5.74, 6) is 1.22. The number of carbonyl (C=O) groups is 1. The maximum atomic E-state index is 12.3. The van der Waals surface area contributed by atoms with E-state index < -0.39 is 0 Å². The number of benzene rings is 1. The molecule has 2 saturated heterocycles. The number of rotatable bonds is 4. The first-order valence-corrected chi connectivity index (χ1v) is 9.69. The molecule has 1 aromatic heterocycles. The van der Waals surface area contributed by atoms with Crippen molar-refractivity contribution in [3.8, 4) is 0 Å². The lowest BCUT2D eigenvalue weighted by Gasteiger charge is -2.36. The van der Waals surface area contributed by atoms with Gasteiger partial charge in [0.25, 0.3) is 0 Å². The molecule has 0 unspecified atom stereocenters. The molecule has 0 aliphatic carbocycles. The van der Waals surface area contributed by atoms with E-state index in [1.165, 1.54) is 5.69 Å². The molecule has 4 rings (SSSR count). The molecule has 0 bridgehead atoms. The number of amides is 1. The van der Waals surface area contributed by atoms with Crippen molar-refractivity contribution in [2.45, 2.75) is 12.8 Å². The van der Waals surface area contributed by atoms with Crippen LogP contribution in [0.3, 0.4) is 0 Å². The minimum Gasteiger partial charge on any atom is -0.381 e. The summed E-state index contributed by atoms with van der Waals surface area (Å²) < 4.78 is 5.33. The van der Waals surface area contributed by atoms with Crippen LogP contribution in [-0.2, 0) is 9.53 Å². The van der Waals surface area contributed by atoms with E-state index in [1.807, 2.05) is 30.5 Å². The molecule has 2 aliphatic heterocycles. The van der Waals surface area contributed by atoms with Gasteiger partial charge in [0.05, 0.1) is 0 Å². The normalized spacial score (nSPS) is 18.4. The summed E-state index contributed by atoms with van der Waals surface area (Å²) in [5, 5.41) is 3.04. The van der Waals surface area contributed by atoms with Crippen LogP contribution in [0.25, 0.3) is 0 Å². The Morgan fingerprint density at radius 3 is 2.33 bits per heavy atom. The maximum absolute atomic E-state index is 12.3. The summed E-state index contributed by atoms with van der Waals surface area (Å²) in [6.07, 6.45) is 3.46. The molecule has 6 nitrogen and oxygen atoms in total. The fourth-order valence-electron chi connectivity index (χ4n) is 3.69. The number of nitrogens with zero attached hydrogens (tertiary/aromatic N) is 3. The van der Waals surface area contributed by atoms with Crippen molar-refractivity contribution >= 4 is 23.1 Å². The van der Waals surface area contributed by atoms with Crippen LogP contribution >= 0.6 is 0 Å². The number of carbonyl (C=O) groups excluding carboxylic acids is 1. The van der Waals surface area contributed by atoms with E-state index in [-0.39, 0.29) is 11.8 Å². The van der Waals surface area contributed by atoms with Crippen molar-refractivity contribution in [1.29, 1.82) is 0 Å². The number of anilines is 3. The van der Waals surface area contributed by atoms with Crippen LogP contribution in [0.1, 0.15) is 12.8 Å². The van der Waals surface area contributed by atoms with Gasteiger partial charge >= 0.3 is 0 Å². The second-order valence-corrected chi connectivity index (χ2v) is 7.08. The molecule has 1 N–H and O–H groups in total. The number of piperazine rings is 1. The molecule has 142 valence electrons. The van der Waals surface area contributed by atoms with Crippen LogP contribution in [0, 0.1) is 5.92 Å². The fourth-order valence-corrected chi connectivity index (χ4v) is 3.69. The first-order valence-electron chi connectivity index (χ1n) is 9.69. The standard InChI is InChI=1S/C21H26N4O2/c26-21(17-8-15-27-16-9-17)23-18-4-6-19(7-5-18)24-11-13-25(14-12-24)20-3-1-2-10-22-20/h1-7,10,17H,8-9,11-16H2,(H,23,26). The SMILES string of the molecule is O=C(Nc1ccc(N2CCN(c3ccccn3)CC2)cc1)C1CCOCC1. The first-order chi connectivity index (χ1) is 13.3. The molecule has 27 heavy (non-hydrogen) atoms. The Labute approximate surface area is 160 Å². The third-order valence-corrected chi connectivity index (χ3v) is 5.35. The van der Waals surface area contributed by atoms with Gasteiger partial charge in [0.15, 0.2) is 0 Å². The molecule has 1 amide bonds. The molecular formula is C21H26N4O2. The van der Waals surface area contributed by atoms with Gasteiger partial charge in [-0.2, -0.15) is 0 Å². The average molecular weight is 366 g/mol. The van der Waals surface area contributed by atoms with Gasteiger partial charge in [0.1, 0.15) is 5.82 Å². The van der Waals surface area contributed by atoms with Crippen molar-refractivity contribution in [2.24, 2.45) is 5.92 Å². The molecule has 2 aromatic rings. The lowest BCUT2D eigenvalue weighted by Crippen LogP contribution is -2.46. The monoisotopic (exact) mass is 366 g/mol. The topological polar surface area (TPSA) is 57.7 Å². The molecule has 0 atom stereocenters. The zero-order valence-electron chi connectivity index (χ0n) is 15.5. The van der Waals surface area contributed by atoms with Crippen molar-refractivity contribution in [3.63, 3.8) is 0 Å². The summed E-state index contributed by atoms with van der Waals surface area (Å²) in [6.45, 7) is 5.20. The Bertz CT molecular complexity index is 737. The highest BCUT2D eigenvalue weighted by molar-refractivity contribution is 5.92. The Balaban J connectivity index is 1.31. The van der Waals surface area contributed by atoms with Crippen molar-refractivity contribution in [2.75, 3.05) is 54.5 Å². The highest BCUT2D eigenvalue weighted by Crippen LogP contribution is 2.22. The molecule has 2 aliphatic rings. The van der Waals surface area contributed by atoms with Crippen molar-refractivity contribution < 1.29 is 9.53 Å². The lowest BCUT2D eigenvalue weighted by atomic mass is 9.99. The first kappa shape index (κ1) is 17.8. The van der Waals surface area contributed by atoms with Crippen LogP contribution in [0.5, 0.6) is 0 Å². The van der Waals surface area contributed by atoms with Crippen LogP contribution in [0.4, 0.5) is 17.2 Å². The van der Waals surface area contributed by atoms with Crippen LogP contribution in [0.15, 0.2) is 48.7 Å². The van der Waals surface area contributed by atoms with Gasteiger partial charge in [-0.15, -0.1) is 0 Å². The zero-order valence-corrected chi connectivity index (χ0v) is 15.5. The Morgan fingerprint density at radius 2 is 1.67 bits per heavy atom. The second-order valence-electron chi connectivity index (χ2n) is 7.08. The number of pyridine rings is 1. The Kier molecular flexibility index (Phi) is 5.53. The number of ether oxygens (including phenoxy) is 1. The van der Waals surface area contributed by atoms with Crippen LogP contribution in [-0.4, -0.2) is 50.3 Å². The largest absolute Gasteiger partial charge is 0.381 e. The zero-order chi connectivity index (χ0) is 18.5. The van der Waals surface area contributed by atoms with E-state index in [0.717, 1.165) is 50.5 Å². The van der Waals surface area contributed by atoms with E-state index in [4.69, 9.17) is 4.74 Å². The summed E-state index contributed by atoms with van der Waals surface area (Å²) in [4.78, 5) is 21.5. The van der Waals surface area contributed by atoms with E-state index in [0.29, 0.717) is 13.2 Å². The molecule has 1 aromatic carbocycles. The van der Waals surface area contributed by atoms with Gasteiger partial charge in [-0.05, 0) is 49.2 Å². The van der Waals surface area contributed by atoms with Gasteiger partial charge in [-0.25, -0.2) is 4.98 Å². The third-order valence-electron chi connectivity index (χ3n) is 5.35. The van der Waals surface area contributed by atoms with Gasteiger partial charge in [-0.1, -0.05) is 6.07 Å². The van der Waals surface area contributed by atoms with E-state index in [9.17, 15) is 4.79 Å². The Morgan fingerprint density at radius 1 is 0.963 bits per heavy atom. The number of hydrogen-bond acceptors (Lipinski definition) is 5. The number of nitrogens with one attached hydrogen (secondary N) is 1. The molecule has 2 fully saturated rings. The predicted octanol–water partition coefficient (Wildman–Crippen LogP) is 2.77. The number of aromatic nitrogens is 1. The summed E-state index contributed by atoms with van der Waals surface area (Å²) >= 11 is 0. The highest BCUT2D eigenvalue weighted by atomic mass is 16.5. The summed E-state index contributed by atoms with van der Waals surface area (Å²) in [7, 11) is 0. The molecule has 0 spiro atoms. The van der Waals surface area contributed by atoms with Crippen molar-refractivity contribution in [3.05, 3.63) is 48.7 Å². The second kappa shape index (κ2) is 8.39. The van der Waals surface area contributed by atoms with Gasteiger partial charge in [0, 0.05) is 62.9 Å². The van der Waals surface area contributed by atoms with E-state index in [2.05, 4.69) is 38.3 Å². The van der Waals surface area contributed by atoms with Gasteiger partial charge < -0.3 is 19.9 Å². The van der Waals surface area contributed by atoms with Gasteiger partial charge in [0.2, 0.25) is 5.91 Å². The van der Waals surface area contributed by atoms with Gasteiger partial charge in [-0.3, -0.25) is 4.79 Å². The summed E-state index contributed by atoms with van der Waals surface area (Å²) in [5.41, 5.74) is 2.06. The Hall–Kier alpha value is -2.60. The maximum Gasteiger partial charge on any atom is 0.227 e. The molecule has 0 radical (unpaired) electrons. The van der Waals surface area contributed by atoms with Crippen molar-refractivity contribution in [1.82, 2.24) is 4.98 Å². The number of hydrogen-bond donors (Lipinski definition) is 1. The minimum absolute atomic E-state index is 0.0677. The van der Waals surface area contributed by atoms with E-state index in [1.54, 1.807) is 0 Å². The quantitative estimate of drug-likeness (QED) is 0.902. The molecule has 3 heterocycles. The van der Waals surface area contributed by atoms with Crippen LogP contribution in [0.2, 0.25) is 0 Å². The highest BCUT2D eigenvalue weighted by Gasteiger charge is 2.22. The minimum atomic E-state index is 0.0677. The fraction of sp³-hybridized carbons (Fsp3) is 0.429. The van der Waals surface area contributed by atoms with Crippen LogP contribution < -0.4 is 15.1 Å². The molecule has 6 heteroatoms. The summed E-state index contributed by atoms with van der Waals surface area (Å²) in [6, 6.07) is 14.2. The molecular weight excluding hydrogens is 340 g/mol.